The highest BCUT2D eigenvalue weighted by molar-refractivity contribution is 6.05. The molecule has 3 aliphatic heterocycles. The van der Waals surface area contributed by atoms with Crippen molar-refractivity contribution in [2.24, 2.45) is 16.8 Å². The predicted molar refractivity (Wildman–Crippen MR) is 128 cm³/mol. The van der Waals surface area contributed by atoms with Gasteiger partial charge in [-0.05, 0) is 50.9 Å². The van der Waals surface area contributed by atoms with E-state index in [2.05, 4.69) is 41.3 Å². The average molecular weight is 445 g/mol. The van der Waals surface area contributed by atoms with Crippen molar-refractivity contribution in [1.29, 1.82) is 0 Å². The van der Waals surface area contributed by atoms with E-state index in [9.17, 15) is 4.79 Å². The number of carbonyl (C=O) groups excluding carboxylic acids is 1. The van der Waals surface area contributed by atoms with Crippen LogP contribution in [0, 0.1) is 11.8 Å². The summed E-state index contributed by atoms with van der Waals surface area (Å²) in [5.41, 5.74) is 4.24. The molecule has 0 aromatic rings. The number of hydrogen-bond donors (Lipinski definition) is 3. The first-order chi connectivity index (χ1) is 15.4. The summed E-state index contributed by atoms with van der Waals surface area (Å²) < 4.78 is 8.20. The third kappa shape index (κ3) is 4.65. The second-order valence-corrected chi connectivity index (χ2v) is 10.3. The van der Waals surface area contributed by atoms with Crippen LogP contribution in [0.3, 0.4) is 0 Å². The van der Waals surface area contributed by atoms with Gasteiger partial charge < -0.3 is 15.4 Å². The van der Waals surface area contributed by atoms with E-state index in [1.807, 2.05) is 6.92 Å². The Balaban J connectivity index is 1.65. The maximum atomic E-state index is 13.8. The Morgan fingerprint density at radius 2 is 2.12 bits per heavy atom. The van der Waals surface area contributed by atoms with Gasteiger partial charge in [-0.1, -0.05) is 20.3 Å². The van der Waals surface area contributed by atoms with Gasteiger partial charge in [0, 0.05) is 39.2 Å². The Morgan fingerprint density at radius 1 is 1.31 bits per heavy atom. The average Bonchev–Trinajstić information content (AvgIpc) is 3.27. The van der Waals surface area contributed by atoms with Crippen LogP contribution in [0.4, 0.5) is 0 Å². The molecule has 0 aromatic heterocycles. The van der Waals surface area contributed by atoms with Crippen molar-refractivity contribution >= 4 is 17.3 Å². The highest BCUT2D eigenvalue weighted by Gasteiger charge is 2.47. The number of amides is 1. The SMILES string of the molecule is CCC1CCC(NC(=O)C2=C(C)NC3NCC(C)CC(C)=[N+]3C2C2=NCCC2)C(OC)C1. The van der Waals surface area contributed by atoms with Crippen LogP contribution in [0.25, 0.3) is 0 Å². The van der Waals surface area contributed by atoms with Crippen LogP contribution >= 0.6 is 0 Å². The van der Waals surface area contributed by atoms with Crippen LogP contribution in [0.2, 0.25) is 0 Å². The van der Waals surface area contributed by atoms with Crippen molar-refractivity contribution in [2.45, 2.75) is 97.1 Å². The van der Waals surface area contributed by atoms with Gasteiger partial charge in [-0.25, -0.2) is 5.32 Å². The molecule has 1 amide bonds. The minimum absolute atomic E-state index is 0.00323. The Morgan fingerprint density at radius 3 is 2.81 bits per heavy atom. The number of hydrogen-bond acceptors (Lipinski definition) is 5. The molecule has 7 heteroatoms. The highest BCUT2D eigenvalue weighted by Crippen LogP contribution is 2.30. The number of carbonyl (C=O) groups is 1. The first-order valence-electron chi connectivity index (χ1n) is 12.6. The second-order valence-electron chi connectivity index (χ2n) is 10.3. The molecule has 7 nitrogen and oxygen atoms in total. The number of rotatable bonds is 5. The zero-order valence-corrected chi connectivity index (χ0v) is 20.5. The van der Waals surface area contributed by atoms with Gasteiger partial charge in [0.2, 0.25) is 6.04 Å². The van der Waals surface area contributed by atoms with Gasteiger partial charge in [-0.2, -0.15) is 4.58 Å². The predicted octanol–water partition coefficient (Wildman–Crippen LogP) is 2.56. The molecule has 1 saturated carbocycles. The van der Waals surface area contributed by atoms with Crippen molar-refractivity contribution in [2.75, 3.05) is 20.2 Å². The van der Waals surface area contributed by atoms with Crippen LogP contribution < -0.4 is 16.0 Å². The molecular weight excluding hydrogens is 402 g/mol. The molecule has 3 heterocycles. The third-order valence-corrected chi connectivity index (χ3v) is 7.89. The van der Waals surface area contributed by atoms with Crippen LogP contribution in [-0.2, 0) is 9.53 Å². The van der Waals surface area contributed by atoms with E-state index in [1.165, 1.54) is 12.1 Å². The molecule has 3 N–H and O–H groups in total. The zero-order valence-electron chi connectivity index (χ0n) is 20.5. The lowest BCUT2D eigenvalue weighted by atomic mass is 9.82. The molecule has 32 heavy (non-hydrogen) atoms. The van der Waals surface area contributed by atoms with Gasteiger partial charge in [0.1, 0.15) is 5.57 Å². The minimum Gasteiger partial charge on any atom is -0.379 e. The van der Waals surface area contributed by atoms with Gasteiger partial charge >= 0.3 is 0 Å². The summed E-state index contributed by atoms with van der Waals surface area (Å²) in [4.78, 5) is 18.7. The topological polar surface area (TPSA) is 77.8 Å². The smallest absolute Gasteiger partial charge is 0.286 e. The summed E-state index contributed by atoms with van der Waals surface area (Å²) in [5.74, 6) is 1.27. The monoisotopic (exact) mass is 444 g/mol. The standard InChI is InChI=1S/C25H41N5O2/c1-6-18-9-10-19(21(13-18)32-5)29-24(31)22-17(4)28-25-27-14-15(2)12-16(3)30(25)23(22)20-8-7-11-26-20/h15,18-19,21,23,25,27H,6-14H2,1-5H3,(H-,28,29,31)/p+1. The molecule has 4 aliphatic rings. The van der Waals surface area contributed by atoms with Gasteiger partial charge in [0.25, 0.3) is 12.2 Å². The van der Waals surface area contributed by atoms with E-state index in [1.54, 1.807) is 7.11 Å². The molecule has 0 saturated heterocycles. The number of ether oxygens (including phenoxy) is 1. The fourth-order valence-electron chi connectivity index (χ4n) is 6.09. The van der Waals surface area contributed by atoms with E-state index in [4.69, 9.17) is 9.73 Å². The summed E-state index contributed by atoms with van der Waals surface area (Å²) in [5, 5.41) is 10.6. The third-order valence-electron chi connectivity index (χ3n) is 7.89. The molecule has 6 unspecified atom stereocenters. The van der Waals surface area contributed by atoms with Crippen LogP contribution in [0.1, 0.15) is 72.6 Å². The first kappa shape index (κ1) is 23.4. The van der Waals surface area contributed by atoms with Gasteiger partial charge in [-0.3, -0.25) is 9.79 Å². The largest absolute Gasteiger partial charge is 0.379 e. The fourth-order valence-corrected chi connectivity index (χ4v) is 6.09. The molecule has 0 aromatic carbocycles. The van der Waals surface area contributed by atoms with Crippen LogP contribution in [0.5, 0.6) is 0 Å². The van der Waals surface area contributed by atoms with Gasteiger partial charge in [-0.15, -0.1) is 0 Å². The number of methoxy groups -OCH3 is 1. The lowest BCUT2D eigenvalue weighted by molar-refractivity contribution is -0.592. The van der Waals surface area contributed by atoms with Crippen molar-refractivity contribution in [1.82, 2.24) is 16.0 Å². The van der Waals surface area contributed by atoms with Crippen molar-refractivity contribution in [3.63, 3.8) is 0 Å². The number of aliphatic imine (C=N–C) groups is 1. The normalized spacial score (nSPS) is 35.7. The van der Waals surface area contributed by atoms with E-state index in [0.29, 0.717) is 11.8 Å². The van der Waals surface area contributed by atoms with E-state index >= 15 is 0 Å². The Hall–Kier alpha value is -1.73. The number of allylic oxidation sites excluding steroid dienone is 1. The summed E-state index contributed by atoms with van der Waals surface area (Å²) in [6, 6.07) is -0.0404. The number of nitrogens with one attached hydrogen (secondary N) is 3. The maximum absolute atomic E-state index is 13.8. The molecule has 178 valence electrons. The second kappa shape index (κ2) is 10.0. The minimum atomic E-state index is -0.102. The first-order valence-corrected chi connectivity index (χ1v) is 12.6. The van der Waals surface area contributed by atoms with E-state index in [-0.39, 0.29) is 30.4 Å². The van der Waals surface area contributed by atoms with Crippen molar-refractivity contribution in [3.8, 4) is 0 Å². The molecule has 0 radical (unpaired) electrons. The fraction of sp³-hybridized carbons (Fsp3) is 0.800. The van der Waals surface area contributed by atoms with Crippen LogP contribution in [-0.4, -0.2) is 66.6 Å². The molecule has 6 atom stereocenters. The zero-order chi connectivity index (χ0) is 22.8. The Bertz CT molecular complexity index is 817. The molecule has 1 aliphatic carbocycles. The van der Waals surface area contributed by atoms with Gasteiger partial charge in [0.15, 0.2) is 5.71 Å². The molecule has 0 spiro atoms. The molecule has 0 bridgehead atoms. The Labute approximate surface area is 193 Å². The molecule has 1 fully saturated rings. The highest BCUT2D eigenvalue weighted by atomic mass is 16.5. The maximum Gasteiger partial charge on any atom is 0.286 e. The van der Waals surface area contributed by atoms with Crippen molar-refractivity contribution < 1.29 is 14.1 Å². The summed E-state index contributed by atoms with van der Waals surface area (Å²) in [6.45, 7) is 10.6. The Kier molecular flexibility index (Phi) is 7.35. The molecule has 4 rings (SSSR count). The van der Waals surface area contributed by atoms with E-state index in [0.717, 1.165) is 68.6 Å². The lowest BCUT2D eigenvalue weighted by Crippen LogP contribution is -2.62. The van der Waals surface area contributed by atoms with Gasteiger partial charge in [0.05, 0.1) is 17.9 Å². The number of nitrogens with zero attached hydrogens (tertiary/aromatic N) is 2. The quantitative estimate of drug-likeness (QED) is 0.570. The summed E-state index contributed by atoms with van der Waals surface area (Å²) >= 11 is 0. The summed E-state index contributed by atoms with van der Waals surface area (Å²) in [7, 11) is 1.78. The lowest BCUT2D eigenvalue weighted by Gasteiger charge is -2.37. The number of fused-ring (bicyclic) bond motifs is 1. The van der Waals surface area contributed by atoms with E-state index < -0.39 is 0 Å². The van der Waals surface area contributed by atoms with Crippen molar-refractivity contribution in [3.05, 3.63) is 11.3 Å². The summed E-state index contributed by atoms with van der Waals surface area (Å²) in [6.07, 6.45) is 7.46. The van der Waals surface area contributed by atoms with Crippen LogP contribution in [0.15, 0.2) is 16.3 Å². The molecular formula is C25H42N5O2+.